The van der Waals surface area contributed by atoms with Crippen LogP contribution in [0.2, 0.25) is 0 Å². The Bertz CT molecular complexity index is 655. The molecule has 1 aliphatic heterocycles. The first kappa shape index (κ1) is 19.1. The number of rotatable bonds is 5. The first-order valence-electron chi connectivity index (χ1n) is 9.33. The summed E-state index contributed by atoms with van der Waals surface area (Å²) in [5.74, 6) is -0.317. The molecule has 25 heavy (non-hydrogen) atoms. The molecule has 1 fully saturated rings. The number of anilines is 1. The van der Waals surface area contributed by atoms with Crippen LogP contribution in [0.4, 0.5) is 5.69 Å². The van der Waals surface area contributed by atoms with Gasteiger partial charge in [0.05, 0.1) is 0 Å². The zero-order valence-electron chi connectivity index (χ0n) is 15.8. The number of nitrogens with zero attached hydrogens (tertiary/aromatic N) is 2. The number of piperidine rings is 1. The molecule has 4 nitrogen and oxygen atoms in total. The van der Waals surface area contributed by atoms with E-state index >= 15 is 0 Å². The van der Waals surface area contributed by atoms with Crippen molar-refractivity contribution >= 4 is 11.6 Å². The van der Waals surface area contributed by atoms with Crippen LogP contribution in [0.1, 0.15) is 58.1 Å². The summed E-state index contributed by atoms with van der Waals surface area (Å²) in [6, 6.07) is 8.88. The van der Waals surface area contributed by atoms with E-state index in [-0.39, 0.29) is 11.5 Å². The van der Waals surface area contributed by atoms with Gasteiger partial charge >= 0.3 is 0 Å². The molecule has 0 spiro atoms. The van der Waals surface area contributed by atoms with Gasteiger partial charge in [-0.15, -0.1) is 0 Å². The van der Waals surface area contributed by atoms with Crippen molar-refractivity contribution < 1.29 is 4.79 Å². The molecule has 2 rings (SSSR count). The highest BCUT2D eigenvalue weighted by molar-refractivity contribution is 6.07. The number of hydrogen-bond acceptors (Lipinski definition) is 3. The number of carbonyl (C=O) groups is 1. The molecule has 1 aliphatic rings. The first-order chi connectivity index (χ1) is 12.0. The quantitative estimate of drug-likeness (QED) is 0.638. The van der Waals surface area contributed by atoms with E-state index in [1.54, 1.807) is 6.20 Å². The zero-order valence-corrected chi connectivity index (χ0v) is 15.8. The number of nitrogens with one attached hydrogen (secondary N) is 1. The van der Waals surface area contributed by atoms with Crippen LogP contribution in [0.15, 0.2) is 30.0 Å². The van der Waals surface area contributed by atoms with Gasteiger partial charge in [-0.3, -0.25) is 4.79 Å². The summed E-state index contributed by atoms with van der Waals surface area (Å²) >= 11 is 0. The van der Waals surface area contributed by atoms with E-state index in [1.807, 2.05) is 18.2 Å². The van der Waals surface area contributed by atoms with Crippen LogP contribution in [-0.2, 0) is 17.6 Å². The zero-order chi connectivity index (χ0) is 18.4. The van der Waals surface area contributed by atoms with Gasteiger partial charge in [-0.2, -0.15) is 5.26 Å². The van der Waals surface area contributed by atoms with Crippen LogP contribution in [0.5, 0.6) is 0 Å². The normalized spacial score (nSPS) is 20.9. The monoisotopic (exact) mass is 339 g/mol. The van der Waals surface area contributed by atoms with Gasteiger partial charge in [0.15, 0.2) is 0 Å². The van der Waals surface area contributed by atoms with Gasteiger partial charge in [-0.1, -0.05) is 32.0 Å². The fourth-order valence-electron chi connectivity index (χ4n) is 3.57. The lowest BCUT2D eigenvalue weighted by Gasteiger charge is -2.38. The van der Waals surface area contributed by atoms with Crippen LogP contribution in [-0.4, -0.2) is 22.9 Å². The number of hydrogen-bond donors (Lipinski definition) is 1. The molecule has 4 heteroatoms. The minimum Gasteiger partial charge on any atom is -0.371 e. The van der Waals surface area contributed by atoms with E-state index in [4.69, 9.17) is 0 Å². The first-order valence-corrected chi connectivity index (χ1v) is 9.33. The summed E-state index contributed by atoms with van der Waals surface area (Å²) in [4.78, 5) is 14.9. The van der Waals surface area contributed by atoms with Gasteiger partial charge in [0.25, 0.3) is 5.91 Å². The molecule has 2 atom stereocenters. The smallest absolute Gasteiger partial charge is 0.267 e. The number of benzene rings is 1. The predicted octanol–water partition coefficient (Wildman–Crippen LogP) is 4.42. The van der Waals surface area contributed by atoms with Crippen molar-refractivity contribution in [2.24, 2.45) is 0 Å². The van der Waals surface area contributed by atoms with Crippen molar-refractivity contribution in [3.63, 3.8) is 0 Å². The molecular weight excluding hydrogens is 310 g/mol. The SMILES string of the molecule is CCc1cccc(CC)c1NC(=O)/C(C#N)=C\N1C(C)CCCC1C. The Morgan fingerprint density at radius 1 is 1.24 bits per heavy atom. The highest BCUT2D eigenvalue weighted by atomic mass is 16.1. The molecule has 0 aliphatic carbocycles. The number of para-hydroxylation sites is 1. The minimum atomic E-state index is -0.317. The summed E-state index contributed by atoms with van der Waals surface area (Å²) in [5, 5.41) is 12.5. The van der Waals surface area contributed by atoms with Crippen LogP contribution in [0, 0.1) is 11.3 Å². The molecule has 0 saturated carbocycles. The van der Waals surface area contributed by atoms with Crippen molar-refractivity contribution in [3.8, 4) is 6.07 Å². The molecule has 0 aromatic heterocycles. The number of carbonyl (C=O) groups excluding carboxylic acids is 1. The van der Waals surface area contributed by atoms with E-state index in [2.05, 4.69) is 44.0 Å². The maximum atomic E-state index is 12.7. The van der Waals surface area contributed by atoms with Gasteiger partial charge in [-0.25, -0.2) is 0 Å². The van der Waals surface area contributed by atoms with Gasteiger partial charge < -0.3 is 10.2 Å². The Labute approximate surface area is 151 Å². The van der Waals surface area contributed by atoms with Crippen molar-refractivity contribution in [1.82, 2.24) is 4.90 Å². The molecule has 0 radical (unpaired) electrons. The molecular formula is C21H29N3O. The predicted molar refractivity (Wildman–Crippen MR) is 102 cm³/mol. The van der Waals surface area contributed by atoms with E-state index in [9.17, 15) is 10.1 Å². The average molecular weight is 339 g/mol. The van der Waals surface area contributed by atoms with Gasteiger partial charge in [-0.05, 0) is 57.1 Å². The van der Waals surface area contributed by atoms with Crippen LogP contribution in [0.3, 0.4) is 0 Å². The van der Waals surface area contributed by atoms with Crippen molar-refractivity contribution in [3.05, 3.63) is 41.1 Å². The summed E-state index contributed by atoms with van der Waals surface area (Å²) in [7, 11) is 0. The summed E-state index contributed by atoms with van der Waals surface area (Å²) in [6.45, 7) is 8.45. The molecule has 1 heterocycles. The van der Waals surface area contributed by atoms with E-state index < -0.39 is 0 Å². The molecule has 1 amide bonds. The third-order valence-electron chi connectivity index (χ3n) is 5.14. The lowest BCUT2D eigenvalue weighted by Crippen LogP contribution is -2.40. The van der Waals surface area contributed by atoms with Crippen molar-refractivity contribution in [1.29, 1.82) is 5.26 Å². The molecule has 1 aromatic rings. The van der Waals surface area contributed by atoms with E-state index in [0.717, 1.165) is 42.5 Å². The maximum Gasteiger partial charge on any atom is 0.267 e. The van der Waals surface area contributed by atoms with Crippen LogP contribution < -0.4 is 5.32 Å². The number of aryl methyl sites for hydroxylation is 2. The van der Waals surface area contributed by atoms with Gasteiger partial charge in [0.1, 0.15) is 11.6 Å². The Kier molecular flexibility index (Phi) is 6.64. The second kappa shape index (κ2) is 8.71. The fourth-order valence-corrected chi connectivity index (χ4v) is 3.57. The van der Waals surface area contributed by atoms with Gasteiger partial charge in [0.2, 0.25) is 0 Å². The third-order valence-corrected chi connectivity index (χ3v) is 5.14. The third kappa shape index (κ3) is 4.42. The maximum absolute atomic E-state index is 12.7. The summed E-state index contributed by atoms with van der Waals surface area (Å²) in [6.07, 6.45) is 6.83. The summed E-state index contributed by atoms with van der Waals surface area (Å²) in [5.41, 5.74) is 3.24. The Balaban J connectivity index is 2.27. The Morgan fingerprint density at radius 2 is 1.80 bits per heavy atom. The lowest BCUT2D eigenvalue weighted by molar-refractivity contribution is -0.112. The number of likely N-dealkylation sites (tertiary alicyclic amines) is 1. The second-order valence-corrected chi connectivity index (χ2v) is 6.84. The van der Waals surface area contributed by atoms with Crippen LogP contribution in [0.25, 0.3) is 0 Å². The summed E-state index contributed by atoms with van der Waals surface area (Å²) < 4.78 is 0. The van der Waals surface area contributed by atoms with Crippen LogP contribution >= 0.6 is 0 Å². The topological polar surface area (TPSA) is 56.1 Å². The molecule has 134 valence electrons. The average Bonchev–Trinajstić information content (AvgIpc) is 2.61. The molecule has 1 N–H and O–H groups in total. The van der Waals surface area contributed by atoms with Crippen molar-refractivity contribution in [2.45, 2.75) is 71.9 Å². The standard InChI is InChI=1S/C21H29N3O/c1-5-17-11-8-12-18(6-2)20(17)23-21(25)19(13-22)14-24-15(3)9-7-10-16(24)4/h8,11-12,14-16H,5-7,9-10H2,1-4H3,(H,23,25)/b19-14-. The minimum absolute atomic E-state index is 0.175. The fraction of sp³-hybridized carbons (Fsp3) is 0.524. The largest absolute Gasteiger partial charge is 0.371 e. The molecule has 0 bridgehead atoms. The molecule has 2 unspecified atom stereocenters. The number of nitriles is 1. The van der Waals surface area contributed by atoms with Gasteiger partial charge in [0, 0.05) is 24.0 Å². The molecule has 1 aromatic carbocycles. The molecule has 1 saturated heterocycles. The highest BCUT2D eigenvalue weighted by Crippen LogP contribution is 2.25. The van der Waals surface area contributed by atoms with E-state index in [0.29, 0.717) is 12.1 Å². The van der Waals surface area contributed by atoms with E-state index in [1.165, 1.54) is 6.42 Å². The number of amides is 1. The Morgan fingerprint density at radius 3 is 2.28 bits per heavy atom. The van der Waals surface area contributed by atoms with Crippen molar-refractivity contribution in [2.75, 3.05) is 5.32 Å². The highest BCUT2D eigenvalue weighted by Gasteiger charge is 2.24. The Hall–Kier alpha value is -2.28. The second-order valence-electron chi connectivity index (χ2n) is 6.84. The lowest BCUT2D eigenvalue weighted by atomic mass is 9.98.